The van der Waals surface area contributed by atoms with Gasteiger partial charge in [-0.3, -0.25) is 4.98 Å². The molecule has 0 aliphatic carbocycles. The van der Waals surface area contributed by atoms with Crippen LogP contribution < -0.4 is 0 Å². The second kappa shape index (κ2) is 6.08. The Morgan fingerprint density at radius 2 is 1.58 bits per heavy atom. The van der Waals surface area contributed by atoms with Gasteiger partial charge in [0.1, 0.15) is 0 Å². The number of pyridine rings is 1. The molecule has 0 fully saturated rings. The summed E-state index contributed by atoms with van der Waals surface area (Å²) in [6.45, 7) is 0. The van der Waals surface area contributed by atoms with E-state index in [-0.39, 0.29) is 63.8 Å². The van der Waals surface area contributed by atoms with Crippen molar-refractivity contribution >= 4 is 74.7 Å². The van der Waals surface area contributed by atoms with Gasteiger partial charge in [-0.05, 0) is 12.1 Å². The summed E-state index contributed by atoms with van der Waals surface area (Å²) in [6, 6.07) is 12.1. The predicted octanol–water partition coefficient (Wildman–Crippen LogP) is 2.28. The first kappa shape index (κ1) is 12.6. The van der Waals surface area contributed by atoms with E-state index in [9.17, 15) is 0 Å². The molecule has 57 valence electrons. The number of benzene rings is 1. The van der Waals surface area contributed by atoms with Crippen molar-refractivity contribution in [2.45, 2.75) is 0 Å². The van der Waals surface area contributed by atoms with Crippen molar-refractivity contribution in [3.8, 4) is 0 Å². The van der Waals surface area contributed by atoms with Crippen molar-refractivity contribution in [2.24, 2.45) is 0 Å². The minimum absolute atomic E-state index is 0. The number of hydrogen-bond donors (Lipinski definition) is 0. The summed E-state index contributed by atoms with van der Waals surface area (Å²) in [5.41, 5.74) is 1.06. The fourth-order valence-electron chi connectivity index (χ4n) is 1.02. The quantitative estimate of drug-likeness (QED) is 0.600. The van der Waals surface area contributed by atoms with Gasteiger partial charge in [0.05, 0.1) is 5.52 Å². The molecule has 2 rings (SSSR count). The van der Waals surface area contributed by atoms with Gasteiger partial charge in [0.15, 0.2) is 0 Å². The molecule has 12 heavy (non-hydrogen) atoms. The van der Waals surface area contributed by atoms with E-state index < -0.39 is 0 Å². The Hall–Kier alpha value is 0.556. The molecule has 2 aromatic rings. The number of hydrogen-bond acceptors (Lipinski definition) is 1. The molecule has 0 bridgehead atoms. The van der Waals surface area contributed by atoms with Gasteiger partial charge in [0.25, 0.3) is 0 Å². The Kier molecular flexibility index (Phi) is 6.36. The molecular weight excluding hydrogens is 197 g/mol. The monoisotopic (exact) mass is 204 g/mol. The van der Waals surface area contributed by atoms with Crippen LogP contribution in [0.3, 0.4) is 0 Å². The van der Waals surface area contributed by atoms with E-state index in [2.05, 4.69) is 17.1 Å². The molecule has 1 nitrogen and oxygen atoms in total. The normalized spacial score (nSPS) is 8.33. The molecule has 1 heterocycles. The van der Waals surface area contributed by atoms with E-state index in [0.717, 1.165) is 5.52 Å². The molecule has 1 aromatic heterocycles. The third kappa shape index (κ3) is 2.80. The van der Waals surface area contributed by atoms with Crippen LogP contribution in [0.5, 0.6) is 0 Å². The Balaban J connectivity index is 0.000000605. The van der Waals surface area contributed by atoms with Crippen LogP contribution in [-0.2, 0) is 0 Å². The number of fused-ring (bicyclic) bond motifs is 1. The van der Waals surface area contributed by atoms with Gasteiger partial charge >= 0.3 is 0 Å². The second-order valence-corrected chi connectivity index (χ2v) is 2.20. The molecule has 0 atom stereocenters. The molecule has 1 aromatic carbocycles. The molecule has 3 heteroatoms. The summed E-state index contributed by atoms with van der Waals surface area (Å²) < 4.78 is 0. The fourth-order valence-corrected chi connectivity index (χ4v) is 1.02. The van der Waals surface area contributed by atoms with Crippen LogP contribution in [-0.4, -0.2) is 56.4 Å². The Morgan fingerprint density at radius 3 is 2.33 bits per heavy atom. The number of para-hydroxylation sites is 1. The Labute approximate surface area is 120 Å². The predicted molar refractivity (Wildman–Crippen MR) is 54.7 cm³/mol. The van der Waals surface area contributed by atoms with Crippen molar-refractivity contribution in [2.75, 3.05) is 0 Å². The van der Waals surface area contributed by atoms with Crippen LogP contribution in [0.2, 0.25) is 0 Å². The van der Waals surface area contributed by atoms with Crippen molar-refractivity contribution in [3.63, 3.8) is 0 Å². The van der Waals surface area contributed by atoms with Crippen molar-refractivity contribution in [1.82, 2.24) is 4.98 Å². The van der Waals surface area contributed by atoms with Gasteiger partial charge < -0.3 is 0 Å². The number of aromatic nitrogens is 1. The maximum atomic E-state index is 4.18. The molecule has 0 saturated carbocycles. The summed E-state index contributed by atoms with van der Waals surface area (Å²) in [5.74, 6) is 0. The second-order valence-electron chi connectivity index (χ2n) is 2.20. The van der Waals surface area contributed by atoms with E-state index in [0.29, 0.717) is 0 Å². The minimum atomic E-state index is 0. The Bertz CT molecular complexity index is 286. The summed E-state index contributed by atoms with van der Waals surface area (Å²) in [5, 5.41) is 1.20. The number of nitrogens with zero attached hydrogens (tertiary/aromatic N) is 1. The molecular formula is C9H8ClKN. The van der Waals surface area contributed by atoms with Gasteiger partial charge in [-0.2, -0.15) is 0 Å². The maximum Gasteiger partial charge on any atom is 0.0701 e. The van der Waals surface area contributed by atoms with Crippen molar-refractivity contribution in [1.29, 1.82) is 0 Å². The standard InChI is InChI=1S/C9H7N.ClH.K/c1-2-6-9-8(4-1)5-3-7-10-9;;/h1-7H;1H;. The zero-order chi connectivity index (χ0) is 6.81. The van der Waals surface area contributed by atoms with Gasteiger partial charge in [0.2, 0.25) is 0 Å². The molecule has 0 N–H and O–H groups in total. The fraction of sp³-hybridized carbons (Fsp3) is 0. The van der Waals surface area contributed by atoms with Gasteiger partial charge in [-0.1, -0.05) is 24.3 Å². The van der Waals surface area contributed by atoms with Crippen molar-refractivity contribution in [3.05, 3.63) is 42.6 Å². The van der Waals surface area contributed by atoms with Crippen LogP contribution in [0.15, 0.2) is 42.6 Å². The smallest absolute Gasteiger partial charge is 0.0701 e. The van der Waals surface area contributed by atoms with Gasteiger partial charge in [0, 0.05) is 63.0 Å². The average Bonchev–Trinajstić information content (AvgIpc) is 2.05. The van der Waals surface area contributed by atoms with Crippen LogP contribution in [0.25, 0.3) is 10.9 Å². The number of rotatable bonds is 0. The van der Waals surface area contributed by atoms with E-state index in [1.807, 2.05) is 30.5 Å². The molecule has 0 spiro atoms. The van der Waals surface area contributed by atoms with Crippen LogP contribution in [0.4, 0.5) is 0 Å². The van der Waals surface area contributed by atoms with E-state index in [1.54, 1.807) is 0 Å². The van der Waals surface area contributed by atoms with E-state index in [4.69, 9.17) is 0 Å². The first-order chi connectivity index (χ1) is 4.97. The third-order valence-corrected chi connectivity index (χ3v) is 1.51. The molecule has 0 aliphatic heterocycles. The first-order valence-electron chi connectivity index (χ1n) is 3.26. The summed E-state index contributed by atoms with van der Waals surface area (Å²) >= 11 is 0. The summed E-state index contributed by atoms with van der Waals surface area (Å²) in [6.07, 6.45) is 1.81. The molecule has 1 radical (unpaired) electrons. The van der Waals surface area contributed by atoms with Gasteiger partial charge in [-0.15, -0.1) is 12.4 Å². The van der Waals surface area contributed by atoms with Crippen LogP contribution >= 0.6 is 12.4 Å². The summed E-state index contributed by atoms with van der Waals surface area (Å²) in [4.78, 5) is 4.18. The largest absolute Gasteiger partial charge is 0.256 e. The maximum absolute atomic E-state index is 4.18. The zero-order valence-corrected chi connectivity index (χ0v) is 10.8. The third-order valence-electron chi connectivity index (χ3n) is 1.51. The molecule has 0 saturated heterocycles. The number of halogens is 1. The van der Waals surface area contributed by atoms with Gasteiger partial charge in [-0.25, -0.2) is 0 Å². The molecule has 0 amide bonds. The molecule has 0 aliphatic rings. The topological polar surface area (TPSA) is 12.9 Å². The minimum Gasteiger partial charge on any atom is -0.256 e. The summed E-state index contributed by atoms with van der Waals surface area (Å²) in [7, 11) is 0. The van der Waals surface area contributed by atoms with Crippen LogP contribution in [0, 0.1) is 0 Å². The first-order valence-corrected chi connectivity index (χ1v) is 3.26. The van der Waals surface area contributed by atoms with E-state index in [1.165, 1.54) is 5.39 Å². The average molecular weight is 205 g/mol. The van der Waals surface area contributed by atoms with E-state index >= 15 is 0 Å². The Morgan fingerprint density at radius 1 is 0.917 bits per heavy atom. The zero-order valence-electron chi connectivity index (χ0n) is 6.90. The van der Waals surface area contributed by atoms with Crippen LogP contribution in [0.1, 0.15) is 0 Å². The SMILES string of the molecule is Cl.[K].c1ccc2ncccc2c1. The molecule has 0 unspecified atom stereocenters. The van der Waals surface area contributed by atoms with Crippen molar-refractivity contribution < 1.29 is 0 Å².